The minimum absolute atomic E-state index is 0.0236. The van der Waals surface area contributed by atoms with Crippen molar-refractivity contribution in [3.8, 4) is 0 Å². The molecule has 1 aliphatic rings. The van der Waals surface area contributed by atoms with Gasteiger partial charge in [-0.05, 0) is 31.5 Å². The molecule has 34 heavy (non-hydrogen) atoms. The number of sulfonamides is 1. The molecule has 182 valence electrons. The van der Waals surface area contributed by atoms with Gasteiger partial charge in [-0.3, -0.25) is 14.4 Å². The van der Waals surface area contributed by atoms with Crippen molar-refractivity contribution in [2.45, 2.75) is 31.6 Å². The molecule has 1 N–H and O–H groups in total. The first kappa shape index (κ1) is 25.5. The maximum atomic E-state index is 13.0. The molecule has 3 rings (SSSR count). The molecule has 0 aliphatic carbocycles. The summed E-state index contributed by atoms with van der Waals surface area (Å²) in [5, 5.41) is 2.55. The predicted molar refractivity (Wildman–Crippen MR) is 125 cm³/mol. The van der Waals surface area contributed by atoms with Crippen LogP contribution in [0.15, 0.2) is 47.4 Å². The van der Waals surface area contributed by atoms with Crippen LogP contribution in [0.4, 0.5) is 5.69 Å². The van der Waals surface area contributed by atoms with Crippen LogP contribution in [0.25, 0.3) is 0 Å². The highest BCUT2D eigenvalue weighted by Gasteiger charge is 2.28. The molecule has 0 aromatic heterocycles. The van der Waals surface area contributed by atoms with Crippen LogP contribution in [0.5, 0.6) is 0 Å². The average molecular weight is 489 g/mol. The Labute approximate surface area is 199 Å². The zero-order valence-corrected chi connectivity index (χ0v) is 20.0. The SMILES string of the molecule is Cc1ccc(C(=O)CCC(=O)OCC(=O)Nc2ccc(C)c(S(=O)(=O)N3CCOCC3)c2)cc1. The number of esters is 1. The summed E-state index contributed by atoms with van der Waals surface area (Å²) in [4.78, 5) is 36.4. The summed E-state index contributed by atoms with van der Waals surface area (Å²) in [5.41, 5.74) is 2.36. The summed E-state index contributed by atoms with van der Waals surface area (Å²) in [7, 11) is -3.73. The molecule has 2 aromatic rings. The molecule has 0 atom stereocenters. The van der Waals surface area contributed by atoms with Crippen molar-refractivity contribution in [3.63, 3.8) is 0 Å². The molecule has 1 fully saturated rings. The summed E-state index contributed by atoms with van der Waals surface area (Å²) >= 11 is 0. The number of ketones is 1. The Kier molecular flexibility index (Phi) is 8.54. The quantitative estimate of drug-likeness (QED) is 0.425. The first-order valence-electron chi connectivity index (χ1n) is 10.9. The molecule has 1 saturated heterocycles. The van der Waals surface area contributed by atoms with E-state index in [1.165, 1.54) is 10.4 Å². The van der Waals surface area contributed by atoms with Gasteiger partial charge in [0.2, 0.25) is 10.0 Å². The third kappa shape index (κ3) is 6.72. The minimum atomic E-state index is -3.73. The number of carbonyl (C=O) groups excluding carboxylic acids is 3. The van der Waals surface area contributed by atoms with E-state index >= 15 is 0 Å². The van der Waals surface area contributed by atoms with E-state index in [1.54, 1.807) is 31.2 Å². The molecule has 0 unspecified atom stereocenters. The second-order valence-corrected chi connectivity index (χ2v) is 9.90. The first-order valence-corrected chi connectivity index (χ1v) is 12.3. The van der Waals surface area contributed by atoms with Crippen molar-refractivity contribution < 1.29 is 32.3 Å². The molecule has 9 nitrogen and oxygen atoms in total. The standard InChI is InChI=1S/C24H28N2O7S/c1-17-3-6-19(7-4-17)21(27)9-10-24(29)33-16-23(28)25-20-8-5-18(2)22(15-20)34(30,31)26-11-13-32-14-12-26/h3-8,15H,9-14,16H2,1-2H3,(H,25,28). The molecule has 1 aliphatic heterocycles. The predicted octanol–water partition coefficient (Wildman–Crippen LogP) is 2.47. The number of nitrogens with zero attached hydrogens (tertiary/aromatic N) is 1. The van der Waals surface area contributed by atoms with Crippen molar-refractivity contribution in [3.05, 3.63) is 59.2 Å². The average Bonchev–Trinajstić information content (AvgIpc) is 2.83. The molecule has 1 heterocycles. The summed E-state index contributed by atoms with van der Waals surface area (Å²) in [6.07, 6.45) is -0.170. The van der Waals surface area contributed by atoms with Crippen LogP contribution in [-0.4, -0.2) is 63.3 Å². The molecule has 0 spiro atoms. The number of morpholine rings is 1. The molecule has 0 bridgehead atoms. The lowest BCUT2D eigenvalue weighted by Gasteiger charge is -2.26. The molecular formula is C24H28N2O7S. The second kappa shape index (κ2) is 11.4. The maximum Gasteiger partial charge on any atom is 0.306 e. The second-order valence-electron chi connectivity index (χ2n) is 7.99. The van der Waals surface area contributed by atoms with E-state index in [4.69, 9.17) is 9.47 Å². The van der Waals surface area contributed by atoms with Crippen LogP contribution in [-0.2, 0) is 29.1 Å². The van der Waals surface area contributed by atoms with Gasteiger partial charge in [0.15, 0.2) is 12.4 Å². The van der Waals surface area contributed by atoms with Gasteiger partial charge in [0.1, 0.15) is 0 Å². The molecular weight excluding hydrogens is 460 g/mol. The van der Waals surface area contributed by atoms with Crippen molar-refractivity contribution in [1.82, 2.24) is 4.31 Å². The number of aryl methyl sites for hydroxylation is 2. The van der Waals surface area contributed by atoms with Gasteiger partial charge in [-0.2, -0.15) is 4.31 Å². The van der Waals surface area contributed by atoms with Gasteiger partial charge in [0, 0.05) is 30.8 Å². The van der Waals surface area contributed by atoms with E-state index in [0.717, 1.165) is 5.56 Å². The number of rotatable bonds is 9. The summed E-state index contributed by atoms with van der Waals surface area (Å²) < 4.78 is 37.5. The fraction of sp³-hybridized carbons (Fsp3) is 0.375. The van der Waals surface area contributed by atoms with Gasteiger partial charge >= 0.3 is 5.97 Å². The smallest absolute Gasteiger partial charge is 0.306 e. The number of hydrogen-bond donors (Lipinski definition) is 1. The number of nitrogens with one attached hydrogen (secondary N) is 1. The fourth-order valence-corrected chi connectivity index (χ4v) is 5.06. The van der Waals surface area contributed by atoms with E-state index < -0.39 is 28.5 Å². The lowest BCUT2D eigenvalue weighted by atomic mass is 10.1. The third-order valence-corrected chi connectivity index (χ3v) is 7.39. The van der Waals surface area contributed by atoms with E-state index in [0.29, 0.717) is 24.3 Å². The normalized spacial score (nSPS) is 14.4. The molecule has 1 amide bonds. The lowest BCUT2D eigenvalue weighted by Crippen LogP contribution is -2.40. The Morgan fingerprint density at radius 3 is 2.35 bits per heavy atom. The molecule has 10 heteroatoms. The lowest BCUT2D eigenvalue weighted by molar-refractivity contribution is -0.147. The van der Waals surface area contributed by atoms with Gasteiger partial charge in [-0.15, -0.1) is 0 Å². The van der Waals surface area contributed by atoms with Gasteiger partial charge < -0.3 is 14.8 Å². The summed E-state index contributed by atoms with van der Waals surface area (Å²) in [5.74, 6) is -1.47. The number of Topliss-reactive ketones (excluding diaryl/α,β-unsaturated/α-hetero) is 1. The molecule has 2 aromatic carbocycles. The number of ether oxygens (including phenoxy) is 2. The Hall–Kier alpha value is -3.08. The Morgan fingerprint density at radius 1 is 1.00 bits per heavy atom. The van der Waals surface area contributed by atoms with E-state index in [9.17, 15) is 22.8 Å². The van der Waals surface area contributed by atoms with Crippen molar-refractivity contribution in [2.75, 3.05) is 38.2 Å². The Morgan fingerprint density at radius 2 is 1.68 bits per heavy atom. The molecule has 0 saturated carbocycles. The van der Waals surface area contributed by atoms with Gasteiger partial charge in [-0.25, -0.2) is 8.42 Å². The summed E-state index contributed by atoms with van der Waals surface area (Å²) in [6.45, 7) is 4.24. The van der Waals surface area contributed by atoms with Crippen LogP contribution in [0, 0.1) is 13.8 Å². The molecule has 0 radical (unpaired) electrons. The van der Waals surface area contributed by atoms with Gasteiger partial charge in [-0.1, -0.05) is 35.9 Å². The number of benzene rings is 2. The first-order chi connectivity index (χ1) is 16.2. The third-order valence-electron chi connectivity index (χ3n) is 5.35. The van der Waals surface area contributed by atoms with E-state index in [2.05, 4.69) is 5.32 Å². The van der Waals surface area contributed by atoms with Crippen LogP contribution < -0.4 is 5.32 Å². The topological polar surface area (TPSA) is 119 Å². The number of anilines is 1. The minimum Gasteiger partial charge on any atom is -0.456 e. The fourth-order valence-electron chi connectivity index (χ4n) is 3.40. The van der Waals surface area contributed by atoms with Crippen molar-refractivity contribution in [2.24, 2.45) is 0 Å². The van der Waals surface area contributed by atoms with Crippen LogP contribution in [0.2, 0.25) is 0 Å². The highest BCUT2D eigenvalue weighted by atomic mass is 32.2. The van der Waals surface area contributed by atoms with Crippen LogP contribution in [0.3, 0.4) is 0 Å². The number of amides is 1. The Bertz CT molecular complexity index is 1150. The highest BCUT2D eigenvalue weighted by molar-refractivity contribution is 7.89. The monoisotopic (exact) mass is 488 g/mol. The van der Waals surface area contributed by atoms with E-state index in [-0.39, 0.29) is 42.3 Å². The maximum absolute atomic E-state index is 13.0. The highest BCUT2D eigenvalue weighted by Crippen LogP contribution is 2.24. The Balaban J connectivity index is 1.51. The van der Waals surface area contributed by atoms with Crippen molar-refractivity contribution >= 4 is 33.4 Å². The zero-order chi connectivity index (χ0) is 24.7. The van der Waals surface area contributed by atoms with Gasteiger partial charge in [0.25, 0.3) is 5.91 Å². The van der Waals surface area contributed by atoms with Crippen LogP contribution >= 0.6 is 0 Å². The zero-order valence-electron chi connectivity index (χ0n) is 19.2. The van der Waals surface area contributed by atoms with Crippen molar-refractivity contribution in [1.29, 1.82) is 0 Å². The summed E-state index contributed by atoms with van der Waals surface area (Å²) in [6, 6.07) is 11.6. The van der Waals surface area contributed by atoms with Crippen LogP contribution in [0.1, 0.15) is 34.3 Å². The number of carbonyl (C=O) groups is 3. The number of hydrogen-bond acceptors (Lipinski definition) is 7. The van der Waals surface area contributed by atoms with E-state index in [1.807, 2.05) is 19.1 Å². The van der Waals surface area contributed by atoms with Gasteiger partial charge in [0.05, 0.1) is 24.5 Å². The largest absolute Gasteiger partial charge is 0.456 e.